The Labute approximate surface area is 95.6 Å². The zero-order valence-corrected chi connectivity index (χ0v) is 9.62. The molecule has 0 fully saturated rings. The van der Waals surface area contributed by atoms with Crippen molar-refractivity contribution in [2.45, 2.75) is 19.3 Å². The second-order valence-corrected chi connectivity index (χ2v) is 3.93. The number of aromatic amines is 1. The molecule has 0 aliphatic rings. The number of aryl methyl sites for hydroxylation is 1. The molecule has 1 aromatic carbocycles. The van der Waals surface area contributed by atoms with Gasteiger partial charge in [-0.3, -0.25) is 0 Å². The Balaban J connectivity index is 2.33. The van der Waals surface area contributed by atoms with E-state index in [0.29, 0.717) is 0 Å². The Hall–Kier alpha value is -1.48. The van der Waals surface area contributed by atoms with Crippen LogP contribution in [-0.2, 0) is 6.42 Å². The lowest BCUT2D eigenvalue weighted by Crippen LogP contribution is -2.00. The number of hydrogen-bond donors (Lipinski definition) is 2. The largest absolute Gasteiger partial charge is 0.496 e. The number of hydrogen-bond acceptors (Lipinski definition) is 2. The molecule has 0 saturated carbocycles. The molecule has 0 radical (unpaired) electrons. The maximum absolute atomic E-state index is 5.52. The fourth-order valence-corrected chi connectivity index (χ4v) is 2.07. The molecule has 3 N–H and O–H groups in total. The lowest BCUT2D eigenvalue weighted by molar-refractivity contribution is 0.410. The summed E-state index contributed by atoms with van der Waals surface area (Å²) in [4.78, 5) is 3.22. The third kappa shape index (κ3) is 2.04. The number of benzene rings is 1. The smallest absolute Gasteiger partial charge is 0.122 e. The van der Waals surface area contributed by atoms with Gasteiger partial charge in [-0.05, 0) is 44.0 Å². The SMILES string of the molecule is COc1ccc2[nH]ccc2c1CCCCN. The molecule has 0 bridgehead atoms. The van der Waals surface area contributed by atoms with E-state index in [0.717, 1.165) is 31.6 Å². The van der Waals surface area contributed by atoms with Crippen molar-refractivity contribution in [1.29, 1.82) is 0 Å². The van der Waals surface area contributed by atoms with Gasteiger partial charge in [0.25, 0.3) is 0 Å². The Morgan fingerprint density at radius 2 is 2.12 bits per heavy atom. The van der Waals surface area contributed by atoms with Crippen molar-refractivity contribution in [3.8, 4) is 5.75 Å². The van der Waals surface area contributed by atoms with Gasteiger partial charge in [0.05, 0.1) is 7.11 Å². The summed E-state index contributed by atoms with van der Waals surface area (Å²) in [5, 5.41) is 1.26. The van der Waals surface area contributed by atoms with Gasteiger partial charge in [0.2, 0.25) is 0 Å². The maximum Gasteiger partial charge on any atom is 0.122 e. The highest BCUT2D eigenvalue weighted by atomic mass is 16.5. The van der Waals surface area contributed by atoms with Crippen molar-refractivity contribution in [2.75, 3.05) is 13.7 Å². The molecule has 0 spiro atoms. The van der Waals surface area contributed by atoms with Crippen LogP contribution in [-0.4, -0.2) is 18.6 Å². The van der Waals surface area contributed by atoms with E-state index in [4.69, 9.17) is 10.5 Å². The summed E-state index contributed by atoms with van der Waals surface area (Å²) in [6, 6.07) is 6.19. The van der Waals surface area contributed by atoms with E-state index >= 15 is 0 Å². The number of methoxy groups -OCH3 is 1. The van der Waals surface area contributed by atoms with Crippen molar-refractivity contribution >= 4 is 10.9 Å². The zero-order valence-electron chi connectivity index (χ0n) is 9.62. The van der Waals surface area contributed by atoms with E-state index < -0.39 is 0 Å². The predicted octanol–water partition coefficient (Wildman–Crippen LogP) is 2.46. The Bertz CT molecular complexity index is 462. The molecular formula is C13H18N2O. The molecule has 0 aliphatic carbocycles. The van der Waals surface area contributed by atoms with Crippen LogP contribution in [0.15, 0.2) is 24.4 Å². The molecule has 0 saturated heterocycles. The molecule has 86 valence electrons. The summed E-state index contributed by atoms with van der Waals surface area (Å²) in [7, 11) is 1.72. The monoisotopic (exact) mass is 218 g/mol. The van der Waals surface area contributed by atoms with Crippen LogP contribution in [0.3, 0.4) is 0 Å². The van der Waals surface area contributed by atoms with Crippen LogP contribution in [0, 0.1) is 0 Å². The van der Waals surface area contributed by atoms with Gasteiger partial charge in [0.1, 0.15) is 5.75 Å². The summed E-state index contributed by atoms with van der Waals surface area (Å²) < 4.78 is 5.41. The Kier molecular flexibility index (Phi) is 3.47. The standard InChI is InChI=1S/C13H18N2O/c1-16-13-6-5-12-10(7-9-15-12)11(13)4-2-3-8-14/h5-7,9,15H,2-4,8,14H2,1H3. The Morgan fingerprint density at radius 1 is 1.25 bits per heavy atom. The van der Waals surface area contributed by atoms with Crippen LogP contribution in [0.5, 0.6) is 5.75 Å². The van der Waals surface area contributed by atoms with Gasteiger partial charge < -0.3 is 15.5 Å². The van der Waals surface area contributed by atoms with Gasteiger partial charge in [-0.2, -0.15) is 0 Å². The number of nitrogens with one attached hydrogen (secondary N) is 1. The van der Waals surface area contributed by atoms with Gasteiger partial charge in [-0.25, -0.2) is 0 Å². The van der Waals surface area contributed by atoms with E-state index in [1.165, 1.54) is 16.5 Å². The molecule has 0 amide bonds. The average molecular weight is 218 g/mol. The van der Waals surface area contributed by atoms with Crippen LogP contribution < -0.4 is 10.5 Å². The molecule has 2 rings (SSSR count). The first-order valence-corrected chi connectivity index (χ1v) is 5.70. The third-order valence-electron chi connectivity index (χ3n) is 2.90. The topological polar surface area (TPSA) is 51.0 Å². The first-order chi connectivity index (χ1) is 7.86. The number of aromatic nitrogens is 1. The molecule has 1 heterocycles. The van der Waals surface area contributed by atoms with Crippen LogP contribution in [0.4, 0.5) is 0 Å². The molecule has 0 aliphatic heterocycles. The van der Waals surface area contributed by atoms with E-state index in [9.17, 15) is 0 Å². The lowest BCUT2D eigenvalue weighted by Gasteiger charge is -2.09. The molecule has 2 aromatic rings. The van der Waals surface area contributed by atoms with Crippen LogP contribution in [0.2, 0.25) is 0 Å². The van der Waals surface area contributed by atoms with Crippen molar-refractivity contribution in [3.63, 3.8) is 0 Å². The number of ether oxygens (including phenoxy) is 1. The summed E-state index contributed by atoms with van der Waals surface area (Å²) in [6.45, 7) is 0.755. The molecule has 3 nitrogen and oxygen atoms in total. The van der Waals surface area contributed by atoms with Gasteiger partial charge >= 0.3 is 0 Å². The van der Waals surface area contributed by atoms with E-state index in [1.807, 2.05) is 12.3 Å². The van der Waals surface area contributed by atoms with Gasteiger partial charge in [-0.1, -0.05) is 0 Å². The summed E-state index contributed by atoms with van der Waals surface area (Å²) in [6.07, 6.45) is 5.16. The quantitative estimate of drug-likeness (QED) is 0.757. The van der Waals surface area contributed by atoms with Crippen molar-refractivity contribution in [3.05, 3.63) is 30.0 Å². The Morgan fingerprint density at radius 3 is 2.88 bits per heavy atom. The number of H-pyrrole nitrogens is 1. The van der Waals surface area contributed by atoms with Crippen LogP contribution in [0.1, 0.15) is 18.4 Å². The molecule has 3 heteroatoms. The summed E-state index contributed by atoms with van der Waals surface area (Å²) in [5.74, 6) is 0.976. The van der Waals surface area contributed by atoms with Crippen LogP contribution >= 0.6 is 0 Å². The van der Waals surface area contributed by atoms with E-state index in [1.54, 1.807) is 7.11 Å². The first-order valence-electron chi connectivity index (χ1n) is 5.70. The fourth-order valence-electron chi connectivity index (χ4n) is 2.07. The molecule has 1 aromatic heterocycles. The van der Waals surface area contributed by atoms with Gasteiger partial charge in [0.15, 0.2) is 0 Å². The van der Waals surface area contributed by atoms with Crippen molar-refractivity contribution < 1.29 is 4.74 Å². The highest BCUT2D eigenvalue weighted by Gasteiger charge is 2.08. The van der Waals surface area contributed by atoms with Crippen LogP contribution in [0.25, 0.3) is 10.9 Å². The van der Waals surface area contributed by atoms with Gasteiger partial charge in [-0.15, -0.1) is 0 Å². The molecule has 0 atom stereocenters. The number of fused-ring (bicyclic) bond motifs is 1. The van der Waals surface area contributed by atoms with E-state index in [-0.39, 0.29) is 0 Å². The lowest BCUT2D eigenvalue weighted by atomic mass is 10.0. The summed E-state index contributed by atoms with van der Waals surface area (Å²) in [5.41, 5.74) is 7.98. The molecular weight excluding hydrogens is 200 g/mol. The highest BCUT2D eigenvalue weighted by molar-refractivity contribution is 5.85. The number of rotatable bonds is 5. The van der Waals surface area contributed by atoms with Crippen molar-refractivity contribution in [2.24, 2.45) is 5.73 Å². The molecule has 0 unspecified atom stereocenters. The first kappa shape index (κ1) is 11.0. The second kappa shape index (κ2) is 5.03. The maximum atomic E-state index is 5.52. The minimum Gasteiger partial charge on any atom is -0.496 e. The number of unbranched alkanes of at least 4 members (excludes halogenated alkanes) is 1. The van der Waals surface area contributed by atoms with E-state index in [2.05, 4.69) is 17.1 Å². The number of nitrogens with two attached hydrogens (primary N) is 1. The van der Waals surface area contributed by atoms with Crippen molar-refractivity contribution in [1.82, 2.24) is 4.98 Å². The zero-order chi connectivity index (χ0) is 11.4. The summed E-state index contributed by atoms with van der Waals surface area (Å²) >= 11 is 0. The predicted molar refractivity (Wildman–Crippen MR) is 66.8 cm³/mol. The third-order valence-corrected chi connectivity index (χ3v) is 2.90. The second-order valence-electron chi connectivity index (χ2n) is 3.93. The normalized spacial score (nSPS) is 10.9. The molecule has 16 heavy (non-hydrogen) atoms. The fraction of sp³-hybridized carbons (Fsp3) is 0.385. The average Bonchev–Trinajstić information content (AvgIpc) is 2.77. The minimum atomic E-state index is 0.755. The van der Waals surface area contributed by atoms with Gasteiger partial charge in [0, 0.05) is 22.7 Å². The highest BCUT2D eigenvalue weighted by Crippen LogP contribution is 2.28. The minimum absolute atomic E-state index is 0.755.